The number of aromatic nitrogens is 4. The van der Waals surface area contributed by atoms with Crippen LogP contribution < -0.4 is 0 Å². The van der Waals surface area contributed by atoms with Gasteiger partial charge in [-0.3, -0.25) is 9.48 Å². The third kappa shape index (κ3) is 2.34. The van der Waals surface area contributed by atoms with Gasteiger partial charge in [-0.1, -0.05) is 11.6 Å². The molecule has 0 aliphatic heterocycles. The van der Waals surface area contributed by atoms with Crippen LogP contribution in [0.1, 0.15) is 21.7 Å². The van der Waals surface area contributed by atoms with Crippen molar-refractivity contribution in [2.45, 2.75) is 13.3 Å². The monoisotopic (exact) mass is 250 g/mol. The van der Waals surface area contributed by atoms with E-state index in [1.54, 1.807) is 11.7 Å². The van der Waals surface area contributed by atoms with Gasteiger partial charge in [-0.15, -0.1) is 0 Å². The Kier molecular flexibility index (Phi) is 3.19. The molecule has 2 rings (SSSR count). The van der Waals surface area contributed by atoms with E-state index in [0.29, 0.717) is 16.3 Å². The number of Topliss-reactive ketones (excluding diaryl/α,β-unsaturated/α-hetero) is 1. The maximum atomic E-state index is 11.9. The van der Waals surface area contributed by atoms with Crippen molar-refractivity contribution < 1.29 is 4.79 Å². The fraction of sp³-hybridized carbons (Fsp3) is 0.273. The summed E-state index contributed by atoms with van der Waals surface area (Å²) in [5.41, 5.74) is 1.90. The normalized spacial score (nSPS) is 10.5. The number of hydrogen-bond acceptors (Lipinski definition) is 4. The molecular weight excluding hydrogens is 240 g/mol. The van der Waals surface area contributed by atoms with Gasteiger partial charge in [0.1, 0.15) is 6.33 Å². The summed E-state index contributed by atoms with van der Waals surface area (Å²) >= 11 is 6.08. The lowest BCUT2D eigenvalue weighted by Gasteiger charge is -2.01. The molecule has 17 heavy (non-hydrogen) atoms. The average Bonchev–Trinajstić information content (AvgIpc) is 2.57. The predicted octanol–water partition coefficient (Wildman–Crippen LogP) is 1.60. The van der Waals surface area contributed by atoms with Gasteiger partial charge in [-0.25, -0.2) is 9.97 Å². The topological polar surface area (TPSA) is 60.7 Å². The van der Waals surface area contributed by atoms with Gasteiger partial charge < -0.3 is 0 Å². The Bertz CT molecular complexity index is 550. The van der Waals surface area contributed by atoms with Crippen LogP contribution in [0.25, 0.3) is 0 Å². The van der Waals surface area contributed by atoms with Crippen LogP contribution in [0.15, 0.2) is 18.7 Å². The molecular formula is C11H11ClN4O. The molecule has 0 aromatic carbocycles. The van der Waals surface area contributed by atoms with Gasteiger partial charge in [-0.2, -0.15) is 5.10 Å². The first-order valence-corrected chi connectivity index (χ1v) is 5.43. The lowest BCUT2D eigenvalue weighted by molar-refractivity contribution is 0.0990. The molecule has 0 spiro atoms. The zero-order valence-corrected chi connectivity index (χ0v) is 10.3. The number of ketones is 1. The van der Waals surface area contributed by atoms with Gasteiger partial charge in [0, 0.05) is 19.4 Å². The Morgan fingerprint density at radius 2 is 2.06 bits per heavy atom. The summed E-state index contributed by atoms with van der Waals surface area (Å²) in [7, 11) is 1.77. The van der Waals surface area contributed by atoms with E-state index in [4.69, 9.17) is 11.6 Å². The highest BCUT2D eigenvalue weighted by Crippen LogP contribution is 2.20. The first kappa shape index (κ1) is 11.7. The fourth-order valence-electron chi connectivity index (χ4n) is 1.57. The molecule has 0 radical (unpaired) electrons. The maximum Gasteiger partial charge on any atom is 0.171 e. The van der Waals surface area contributed by atoms with Gasteiger partial charge in [0.25, 0.3) is 0 Å². The lowest BCUT2D eigenvalue weighted by atomic mass is 10.1. The van der Waals surface area contributed by atoms with Crippen molar-refractivity contribution in [3.05, 3.63) is 40.7 Å². The summed E-state index contributed by atoms with van der Waals surface area (Å²) < 4.78 is 1.62. The van der Waals surface area contributed by atoms with E-state index in [-0.39, 0.29) is 12.2 Å². The molecule has 0 unspecified atom stereocenters. The largest absolute Gasteiger partial charge is 0.294 e. The number of hydrogen-bond donors (Lipinski definition) is 0. The molecule has 0 amide bonds. The SMILES string of the molecule is Cc1nn(C)c(CC(=O)c2cncnc2)c1Cl. The summed E-state index contributed by atoms with van der Waals surface area (Å²) in [6.07, 6.45) is 4.57. The Hall–Kier alpha value is -1.75. The molecule has 88 valence electrons. The van der Waals surface area contributed by atoms with Crippen LogP contribution in [0.4, 0.5) is 0 Å². The molecule has 0 atom stereocenters. The second-order valence-corrected chi connectivity index (χ2v) is 4.07. The maximum absolute atomic E-state index is 11.9. The van der Waals surface area contributed by atoms with Crippen molar-refractivity contribution in [2.24, 2.45) is 7.05 Å². The summed E-state index contributed by atoms with van der Waals surface area (Å²) in [4.78, 5) is 19.6. The highest BCUT2D eigenvalue weighted by molar-refractivity contribution is 6.32. The fourth-order valence-corrected chi connectivity index (χ4v) is 1.80. The van der Waals surface area contributed by atoms with Crippen LogP contribution in [0.2, 0.25) is 5.02 Å². The minimum Gasteiger partial charge on any atom is -0.294 e. The quantitative estimate of drug-likeness (QED) is 0.777. The average molecular weight is 251 g/mol. The number of aryl methyl sites for hydroxylation is 2. The zero-order chi connectivity index (χ0) is 12.4. The molecule has 0 saturated carbocycles. The van der Waals surface area contributed by atoms with Crippen LogP contribution in [0.3, 0.4) is 0 Å². The molecule has 0 bridgehead atoms. The van der Waals surface area contributed by atoms with Crippen molar-refractivity contribution in [3.63, 3.8) is 0 Å². The van der Waals surface area contributed by atoms with Crippen LogP contribution in [-0.2, 0) is 13.5 Å². The third-order valence-electron chi connectivity index (χ3n) is 2.47. The van der Waals surface area contributed by atoms with E-state index in [0.717, 1.165) is 5.69 Å². The van der Waals surface area contributed by atoms with Gasteiger partial charge >= 0.3 is 0 Å². The number of carbonyl (C=O) groups is 1. The zero-order valence-electron chi connectivity index (χ0n) is 9.51. The Balaban J connectivity index is 2.25. The van der Waals surface area contributed by atoms with E-state index >= 15 is 0 Å². The van der Waals surface area contributed by atoms with E-state index in [2.05, 4.69) is 15.1 Å². The molecule has 0 aliphatic carbocycles. The minimum absolute atomic E-state index is 0.0736. The number of carbonyl (C=O) groups excluding carboxylic acids is 1. The summed E-state index contributed by atoms with van der Waals surface area (Å²) in [6, 6.07) is 0. The molecule has 0 fully saturated rings. The van der Waals surface area contributed by atoms with Crippen molar-refractivity contribution in [2.75, 3.05) is 0 Å². The molecule has 6 heteroatoms. The van der Waals surface area contributed by atoms with Gasteiger partial charge in [0.2, 0.25) is 0 Å². The van der Waals surface area contributed by atoms with Crippen molar-refractivity contribution in [1.29, 1.82) is 0 Å². The second-order valence-electron chi connectivity index (χ2n) is 3.70. The predicted molar refractivity (Wildman–Crippen MR) is 63.0 cm³/mol. The number of halogens is 1. The van der Waals surface area contributed by atoms with Crippen molar-refractivity contribution >= 4 is 17.4 Å². The first-order chi connectivity index (χ1) is 8.09. The van der Waals surface area contributed by atoms with E-state index in [9.17, 15) is 4.79 Å². The van der Waals surface area contributed by atoms with Crippen LogP contribution >= 0.6 is 11.6 Å². The van der Waals surface area contributed by atoms with Crippen LogP contribution in [0.5, 0.6) is 0 Å². The summed E-state index contributed by atoms with van der Waals surface area (Å²) in [5.74, 6) is -0.0736. The first-order valence-electron chi connectivity index (χ1n) is 5.05. The Morgan fingerprint density at radius 3 is 2.59 bits per heavy atom. The standard InChI is InChI=1S/C11H11ClN4O/c1-7-11(12)9(16(2)15-7)3-10(17)8-4-13-6-14-5-8/h4-6H,3H2,1-2H3. The molecule has 2 heterocycles. The minimum atomic E-state index is -0.0736. The molecule has 5 nitrogen and oxygen atoms in total. The highest BCUT2D eigenvalue weighted by atomic mass is 35.5. The van der Waals surface area contributed by atoms with E-state index in [1.165, 1.54) is 18.7 Å². The summed E-state index contributed by atoms with van der Waals surface area (Å²) in [5, 5.41) is 4.70. The molecule has 2 aromatic heterocycles. The second kappa shape index (κ2) is 4.63. The van der Waals surface area contributed by atoms with E-state index in [1.807, 2.05) is 6.92 Å². The van der Waals surface area contributed by atoms with Crippen molar-refractivity contribution in [1.82, 2.24) is 19.7 Å². The van der Waals surface area contributed by atoms with Gasteiger partial charge in [0.15, 0.2) is 5.78 Å². The van der Waals surface area contributed by atoms with Gasteiger partial charge in [0.05, 0.1) is 28.4 Å². The number of rotatable bonds is 3. The highest BCUT2D eigenvalue weighted by Gasteiger charge is 2.16. The lowest BCUT2D eigenvalue weighted by Crippen LogP contribution is -2.08. The molecule has 0 aliphatic rings. The molecule has 2 aromatic rings. The van der Waals surface area contributed by atoms with Gasteiger partial charge in [-0.05, 0) is 6.92 Å². The van der Waals surface area contributed by atoms with Crippen molar-refractivity contribution in [3.8, 4) is 0 Å². The van der Waals surface area contributed by atoms with Crippen LogP contribution in [-0.4, -0.2) is 25.5 Å². The van der Waals surface area contributed by atoms with Crippen LogP contribution in [0, 0.1) is 6.92 Å². The smallest absolute Gasteiger partial charge is 0.171 e. The number of nitrogens with zero attached hydrogens (tertiary/aromatic N) is 4. The molecule has 0 N–H and O–H groups in total. The Morgan fingerprint density at radius 1 is 1.41 bits per heavy atom. The summed E-state index contributed by atoms with van der Waals surface area (Å²) in [6.45, 7) is 1.81. The van der Waals surface area contributed by atoms with E-state index < -0.39 is 0 Å². The third-order valence-corrected chi connectivity index (χ3v) is 2.96. The Labute approximate surface area is 103 Å². The molecule has 0 saturated heterocycles.